The van der Waals surface area contributed by atoms with Crippen LogP contribution in [0.3, 0.4) is 0 Å². The van der Waals surface area contributed by atoms with Gasteiger partial charge < -0.3 is 15.1 Å². The fourth-order valence-electron chi connectivity index (χ4n) is 2.77. The van der Waals surface area contributed by atoms with E-state index < -0.39 is 0 Å². The van der Waals surface area contributed by atoms with Gasteiger partial charge in [-0.25, -0.2) is 0 Å². The highest BCUT2D eigenvalue weighted by Crippen LogP contribution is 2.19. The van der Waals surface area contributed by atoms with E-state index in [0.717, 1.165) is 18.5 Å². The monoisotopic (exact) mass is 314 g/mol. The fraction of sp³-hybridized carbons (Fsp3) is 0.421. The largest absolute Gasteiger partial charge is 0.396 e. The summed E-state index contributed by atoms with van der Waals surface area (Å²) in [6.45, 7) is 2.98. The average molecular weight is 314 g/mol. The second-order valence-corrected chi connectivity index (χ2v) is 5.72. The predicted octanol–water partition coefficient (Wildman–Crippen LogP) is 2.19. The molecule has 1 aliphatic rings. The summed E-state index contributed by atoms with van der Waals surface area (Å²) in [4.78, 5) is 6.70. The summed E-state index contributed by atoms with van der Waals surface area (Å²) in [6.07, 6.45) is 9.41. The lowest BCUT2D eigenvalue weighted by atomic mass is 10.00. The Balaban J connectivity index is 1.97. The standard InChI is InChI=1S/C19H26N2O2/c1-2-16(8-6-7-11-22)13-21-15-20-18(19(21)14-23)12-17-9-4-3-5-10-17/h2-6,8-10,15,18-19,22-23H,7,11-14H2,1H3/b8-6-,16-2+. The van der Waals surface area contributed by atoms with Gasteiger partial charge in [-0.15, -0.1) is 0 Å². The zero-order chi connectivity index (χ0) is 16.5. The van der Waals surface area contributed by atoms with Crippen LogP contribution in [0.25, 0.3) is 0 Å². The highest BCUT2D eigenvalue weighted by Gasteiger charge is 2.30. The lowest BCUT2D eigenvalue weighted by molar-refractivity contribution is 0.182. The van der Waals surface area contributed by atoms with E-state index >= 15 is 0 Å². The number of rotatable bonds is 8. The molecule has 4 nitrogen and oxygen atoms in total. The van der Waals surface area contributed by atoms with Crippen molar-refractivity contribution in [3.63, 3.8) is 0 Å². The van der Waals surface area contributed by atoms with Crippen molar-refractivity contribution in [2.45, 2.75) is 31.8 Å². The SMILES string of the molecule is C/C=C(\C=C/CCO)CN1C=NC(Cc2ccccc2)C1CO. The molecule has 2 unspecified atom stereocenters. The molecule has 0 radical (unpaired) electrons. The second-order valence-electron chi connectivity index (χ2n) is 5.72. The topological polar surface area (TPSA) is 56.1 Å². The molecule has 0 saturated carbocycles. The highest BCUT2D eigenvalue weighted by atomic mass is 16.3. The first-order chi connectivity index (χ1) is 11.3. The summed E-state index contributed by atoms with van der Waals surface area (Å²) in [5.74, 6) is 0. The number of benzene rings is 1. The van der Waals surface area contributed by atoms with Crippen LogP contribution in [0.2, 0.25) is 0 Å². The summed E-state index contributed by atoms with van der Waals surface area (Å²) >= 11 is 0. The smallest absolute Gasteiger partial charge is 0.0861 e. The molecule has 2 rings (SSSR count). The molecule has 23 heavy (non-hydrogen) atoms. The van der Waals surface area contributed by atoms with Crippen LogP contribution in [-0.4, -0.2) is 53.3 Å². The number of allylic oxidation sites excluding steroid dienone is 1. The van der Waals surface area contributed by atoms with Crippen molar-refractivity contribution in [1.82, 2.24) is 4.90 Å². The minimum Gasteiger partial charge on any atom is -0.396 e. The van der Waals surface area contributed by atoms with Crippen LogP contribution in [0.15, 0.2) is 59.1 Å². The first-order valence-corrected chi connectivity index (χ1v) is 8.15. The molecule has 0 bridgehead atoms. The van der Waals surface area contributed by atoms with Crippen LogP contribution in [-0.2, 0) is 6.42 Å². The highest BCUT2D eigenvalue weighted by molar-refractivity contribution is 5.60. The van der Waals surface area contributed by atoms with Crippen molar-refractivity contribution in [3.8, 4) is 0 Å². The number of aliphatic hydroxyl groups excluding tert-OH is 2. The number of aliphatic imine (C=N–C) groups is 1. The number of aliphatic hydroxyl groups is 2. The van der Waals surface area contributed by atoms with Crippen LogP contribution in [0, 0.1) is 0 Å². The molecule has 0 aromatic heterocycles. The normalized spacial score (nSPS) is 21.5. The van der Waals surface area contributed by atoms with Gasteiger partial charge in [-0.2, -0.15) is 0 Å². The average Bonchev–Trinajstić information content (AvgIpc) is 2.96. The van der Waals surface area contributed by atoms with Crippen molar-refractivity contribution < 1.29 is 10.2 Å². The van der Waals surface area contributed by atoms with Gasteiger partial charge in [-0.3, -0.25) is 4.99 Å². The van der Waals surface area contributed by atoms with Gasteiger partial charge in [0.05, 0.1) is 25.0 Å². The first-order valence-electron chi connectivity index (χ1n) is 8.15. The second kappa shape index (κ2) is 9.28. The van der Waals surface area contributed by atoms with Gasteiger partial charge in [0.15, 0.2) is 0 Å². The van der Waals surface area contributed by atoms with Crippen molar-refractivity contribution >= 4 is 6.34 Å². The molecule has 2 atom stereocenters. The number of hydrogen-bond donors (Lipinski definition) is 2. The summed E-state index contributed by atoms with van der Waals surface area (Å²) < 4.78 is 0. The van der Waals surface area contributed by atoms with Gasteiger partial charge in [-0.05, 0) is 30.9 Å². The molecule has 2 N–H and O–H groups in total. The molecule has 1 aliphatic heterocycles. The molecule has 0 fully saturated rings. The van der Waals surface area contributed by atoms with Crippen molar-refractivity contribution in [2.75, 3.05) is 19.8 Å². The minimum atomic E-state index is 0.0106. The van der Waals surface area contributed by atoms with E-state index in [9.17, 15) is 5.11 Å². The minimum absolute atomic E-state index is 0.0106. The molecule has 0 saturated heterocycles. The Morgan fingerprint density at radius 3 is 2.70 bits per heavy atom. The Morgan fingerprint density at radius 2 is 2.04 bits per heavy atom. The third-order valence-corrected chi connectivity index (χ3v) is 4.11. The molecule has 1 heterocycles. The van der Waals surface area contributed by atoms with E-state index in [4.69, 9.17) is 5.11 Å². The maximum absolute atomic E-state index is 9.79. The van der Waals surface area contributed by atoms with Crippen LogP contribution in [0.4, 0.5) is 0 Å². The Labute approximate surface area is 138 Å². The van der Waals surface area contributed by atoms with Gasteiger partial charge in [0.1, 0.15) is 0 Å². The summed E-state index contributed by atoms with van der Waals surface area (Å²) in [6, 6.07) is 10.4. The summed E-state index contributed by atoms with van der Waals surface area (Å²) in [5.41, 5.74) is 2.40. The molecule has 4 heteroatoms. The molecular formula is C19H26N2O2. The Morgan fingerprint density at radius 1 is 1.26 bits per heavy atom. The van der Waals surface area contributed by atoms with Gasteiger partial charge in [0, 0.05) is 13.2 Å². The Kier molecular flexibility index (Phi) is 7.04. The Hall–Kier alpha value is -1.91. The molecule has 1 aromatic rings. The maximum atomic E-state index is 9.79. The van der Waals surface area contributed by atoms with Crippen LogP contribution >= 0.6 is 0 Å². The molecular weight excluding hydrogens is 288 g/mol. The molecule has 0 aliphatic carbocycles. The molecule has 0 spiro atoms. The van der Waals surface area contributed by atoms with Crippen molar-refractivity contribution in [3.05, 3.63) is 59.7 Å². The fourth-order valence-corrected chi connectivity index (χ4v) is 2.77. The third kappa shape index (κ3) is 5.05. The molecule has 124 valence electrons. The maximum Gasteiger partial charge on any atom is 0.0861 e. The van der Waals surface area contributed by atoms with Crippen LogP contribution in [0.5, 0.6) is 0 Å². The first kappa shape index (κ1) is 17.4. The van der Waals surface area contributed by atoms with Gasteiger partial charge in [0.2, 0.25) is 0 Å². The van der Waals surface area contributed by atoms with E-state index in [0.29, 0.717) is 6.42 Å². The van der Waals surface area contributed by atoms with E-state index in [1.54, 1.807) is 0 Å². The van der Waals surface area contributed by atoms with Crippen LogP contribution < -0.4 is 0 Å². The van der Waals surface area contributed by atoms with Gasteiger partial charge >= 0.3 is 0 Å². The molecule has 0 amide bonds. The predicted molar refractivity (Wildman–Crippen MR) is 94.6 cm³/mol. The van der Waals surface area contributed by atoms with E-state index in [1.807, 2.05) is 43.6 Å². The lowest BCUT2D eigenvalue weighted by Gasteiger charge is -2.27. The van der Waals surface area contributed by atoms with Crippen molar-refractivity contribution in [1.29, 1.82) is 0 Å². The van der Waals surface area contributed by atoms with Crippen LogP contribution in [0.1, 0.15) is 18.9 Å². The van der Waals surface area contributed by atoms with Gasteiger partial charge in [0.25, 0.3) is 0 Å². The summed E-state index contributed by atoms with van der Waals surface area (Å²) in [5, 5.41) is 18.6. The number of nitrogens with zero attached hydrogens (tertiary/aromatic N) is 2. The Bertz CT molecular complexity index is 552. The zero-order valence-corrected chi connectivity index (χ0v) is 13.7. The number of hydrogen-bond acceptors (Lipinski definition) is 4. The van der Waals surface area contributed by atoms with Gasteiger partial charge in [-0.1, -0.05) is 48.6 Å². The van der Waals surface area contributed by atoms with E-state index in [-0.39, 0.29) is 25.3 Å². The third-order valence-electron chi connectivity index (χ3n) is 4.11. The molecule has 1 aromatic carbocycles. The zero-order valence-electron chi connectivity index (χ0n) is 13.7. The summed E-state index contributed by atoms with van der Waals surface area (Å²) in [7, 11) is 0. The van der Waals surface area contributed by atoms with E-state index in [1.165, 1.54) is 5.56 Å². The van der Waals surface area contributed by atoms with E-state index in [2.05, 4.69) is 28.1 Å². The lowest BCUT2D eigenvalue weighted by Crippen LogP contribution is -2.41. The van der Waals surface area contributed by atoms with Crippen molar-refractivity contribution in [2.24, 2.45) is 4.99 Å². The quantitative estimate of drug-likeness (QED) is 0.723.